The predicted octanol–water partition coefficient (Wildman–Crippen LogP) is 7.13. The molecule has 0 radical (unpaired) electrons. The van der Waals surface area contributed by atoms with Crippen molar-refractivity contribution in [3.05, 3.63) is 114 Å². The average Bonchev–Trinajstić information content (AvgIpc) is 3.41. The molecule has 0 amide bonds. The van der Waals surface area contributed by atoms with Gasteiger partial charge in [0.25, 0.3) is 0 Å². The van der Waals surface area contributed by atoms with Gasteiger partial charge in [-0.15, -0.1) is 0 Å². The molecule has 1 saturated heterocycles. The SMILES string of the molecule is C=C/C(=C\C(C)C)c1ccc(CN2C=C(C(=C)NC)C(=C)c3cc(F)c(N4CCC(CN)C4)c(C=C)c32)cc1. The summed E-state index contributed by atoms with van der Waals surface area (Å²) in [5.41, 5.74) is 14.7. The fraction of sp³-hybridized carbons (Fsp3) is 0.294. The topological polar surface area (TPSA) is 44.5 Å². The maximum absolute atomic E-state index is 15.8. The summed E-state index contributed by atoms with van der Waals surface area (Å²) in [4.78, 5) is 4.29. The number of likely N-dealkylation sites (N-methyl/N-ethyl adjacent to an activating group) is 1. The third-order valence-electron chi connectivity index (χ3n) is 7.62. The Morgan fingerprint density at radius 2 is 1.92 bits per heavy atom. The Morgan fingerprint density at radius 3 is 2.49 bits per heavy atom. The predicted molar refractivity (Wildman–Crippen MR) is 167 cm³/mol. The second kappa shape index (κ2) is 11.9. The van der Waals surface area contributed by atoms with Crippen LogP contribution >= 0.6 is 0 Å². The summed E-state index contributed by atoms with van der Waals surface area (Å²) in [7, 11) is 1.83. The van der Waals surface area contributed by atoms with Gasteiger partial charge in [-0.2, -0.15) is 0 Å². The van der Waals surface area contributed by atoms with Crippen molar-refractivity contribution >= 4 is 28.6 Å². The van der Waals surface area contributed by atoms with Crippen LogP contribution in [0.3, 0.4) is 0 Å². The van der Waals surface area contributed by atoms with Gasteiger partial charge in [0.05, 0.1) is 11.4 Å². The molecule has 0 spiro atoms. The summed E-state index contributed by atoms with van der Waals surface area (Å²) < 4.78 is 15.8. The average molecular weight is 525 g/mol. The van der Waals surface area contributed by atoms with Crippen LogP contribution in [0.1, 0.15) is 42.5 Å². The number of nitrogens with zero attached hydrogens (tertiary/aromatic N) is 2. The monoisotopic (exact) mass is 524 g/mol. The van der Waals surface area contributed by atoms with Gasteiger partial charge < -0.3 is 20.9 Å². The van der Waals surface area contributed by atoms with Crippen LogP contribution in [0.2, 0.25) is 0 Å². The van der Waals surface area contributed by atoms with Crippen LogP contribution < -0.4 is 20.9 Å². The first kappa shape index (κ1) is 28.2. The van der Waals surface area contributed by atoms with E-state index in [2.05, 4.69) is 91.8 Å². The number of anilines is 2. The Hall–Kier alpha value is -3.83. The summed E-state index contributed by atoms with van der Waals surface area (Å²) in [6, 6.07) is 10.2. The molecule has 204 valence electrons. The molecule has 4 nitrogen and oxygen atoms in total. The van der Waals surface area contributed by atoms with Crippen molar-refractivity contribution in [2.24, 2.45) is 17.6 Å². The summed E-state index contributed by atoms with van der Waals surface area (Å²) in [6.45, 7) is 23.6. The zero-order chi connectivity index (χ0) is 28.3. The van der Waals surface area contributed by atoms with E-state index in [1.807, 2.05) is 13.1 Å². The molecular formula is C34H41FN4. The van der Waals surface area contributed by atoms with Crippen LogP contribution in [0.15, 0.2) is 86.3 Å². The maximum Gasteiger partial charge on any atom is 0.147 e. The Kier molecular flexibility index (Phi) is 8.61. The van der Waals surface area contributed by atoms with Crippen LogP contribution in [0, 0.1) is 17.7 Å². The number of hydrogen-bond donors (Lipinski definition) is 2. The highest BCUT2D eigenvalue weighted by atomic mass is 19.1. The Morgan fingerprint density at radius 1 is 1.21 bits per heavy atom. The number of nitrogens with two attached hydrogens (primary N) is 1. The van der Waals surface area contributed by atoms with Gasteiger partial charge in [-0.05, 0) is 53.1 Å². The molecule has 0 aromatic heterocycles. The molecule has 1 fully saturated rings. The number of allylic oxidation sites excluding steroid dienone is 4. The van der Waals surface area contributed by atoms with Gasteiger partial charge in [-0.1, -0.05) is 82.7 Å². The number of halogens is 1. The molecule has 2 aromatic carbocycles. The minimum absolute atomic E-state index is 0.267. The Labute approximate surface area is 233 Å². The minimum Gasteiger partial charge on any atom is -0.388 e. The molecule has 1 atom stereocenters. The zero-order valence-electron chi connectivity index (χ0n) is 23.6. The van der Waals surface area contributed by atoms with E-state index in [0.29, 0.717) is 30.6 Å². The summed E-state index contributed by atoms with van der Waals surface area (Å²) in [6.07, 6.45) is 8.91. The van der Waals surface area contributed by atoms with Gasteiger partial charge in [-0.25, -0.2) is 4.39 Å². The molecule has 0 saturated carbocycles. The number of hydrogen-bond acceptors (Lipinski definition) is 4. The van der Waals surface area contributed by atoms with Gasteiger partial charge in [0.1, 0.15) is 5.82 Å². The summed E-state index contributed by atoms with van der Waals surface area (Å²) in [5.74, 6) is 0.525. The van der Waals surface area contributed by atoms with E-state index in [1.165, 1.54) is 0 Å². The van der Waals surface area contributed by atoms with E-state index in [0.717, 1.165) is 69.9 Å². The zero-order valence-corrected chi connectivity index (χ0v) is 23.6. The lowest BCUT2D eigenvalue weighted by Gasteiger charge is -2.35. The van der Waals surface area contributed by atoms with Crippen LogP contribution in [-0.2, 0) is 6.54 Å². The van der Waals surface area contributed by atoms with Crippen molar-refractivity contribution in [2.75, 3.05) is 36.5 Å². The van der Waals surface area contributed by atoms with Gasteiger partial charge in [0.2, 0.25) is 0 Å². The first-order chi connectivity index (χ1) is 18.7. The van der Waals surface area contributed by atoms with Crippen LogP contribution in [0.25, 0.3) is 17.2 Å². The van der Waals surface area contributed by atoms with E-state index in [1.54, 1.807) is 12.1 Å². The molecular weight excluding hydrogens is 483 g/mol. The fourth-order valence-corrected chi connectivity index (χ4v) is 5.54. The summed E-state index contributed by atoms with van der Waals surface area (Å²) in [5, 5.41) is 3.13. The highest BCUT2D eigenvalue weighted by Crippen LogP contribution is 2.46. The van der Waals surface area contributed by atoms with Gasteiger partial charge in [0, 0.05) is 55.3 Å². The highest BCUT2D eigenvalue weighted by molar-refractivity contribution is 5.97. The molecule has 2 aliphatic rings. The third-order valence-corrected chi connectivity index (χ3v) is 7.62. The smallest absolute Gasteiger partial charge is 0.147 e. The van der Waals surface area contributed by atoms with Crippen molar-refractivity contribution in [1.29, 1.82) is 0 Å². The third kappa shape index (κ3) is 5.64. The minimum atomic E-state index is -0.267. The lowest BCUT2D eigenvalue weighted by atomic mass is 9.89. The van der Waals surface area contributed by atoms with Crippen molar-refractivity contribution in [3.8, 4) is 0 Å². The second-order valence-corrected chi connectivity index (χ2v) is 10.7. The van der Waals surface area contributed by atoms with Crippen LogP contribution in [0.5, 0.6) is 0 Å². The number of nitrogens with one attached hydrogen (secondary N) is 1. The molecule has 0 bridgehead atoms. The van der Waals surface area contributed by atoms with E-state index >= 15 is 4.39 Å². The Bertz CT molecular complexity index is 1350. The number of fused-ring (bicyclic) bond motifs is 1. The quantitative estimate of drug-likeness (QED) is 0.325. The maximum atomic E-state index is 15.8. The van der Waals surface area contributed by atoms with E-state index in [-0.39, 0.29) is 5.82 Å². The lowest BCUT2D eigenvalue weighted by Crippen LogP contribution is -2.28. The molecule has 1 unspecified atom stereocenters. The van der Waals surface area contributed by atoms with Crippen molar-refractivity contribution in [3.63, 3.8) is 0 Å². The van der Waals surface area contributed by atoms with Crippen molar-refractivity contribution in [1.82, 2.24) is 5.32 Å². The molecule has 2 aliphatic heterocycles. The summed E-state index contributed by atoms with van der Waals surface area (Å²) >= 11 is 0. The van der Waals surface area contributed by atoms with E-state index in [9.17, 15) is 0 Å². The second-order valence-electron chi connectivity index (χ2n) is 10.7. The molecule has 5 heteroatoms. The van der Waals surface area contributed by atoms with Gasteiger partial charge in [0.15, 0.2) is 0 Å². The van der Waals surface area contributed by atoms with Crippen LogP contribution in [0.4, 0.5) is 15.8 Å². The molecule has 0 aliphatic carbocycles. The van der Waals surface area contributed by atoms with Crippen molar-refractivity contribution < 1.29 is 4.39 Å². The molecule has 2 heterocycles. The molecule has 4 rings (SSSR count). The normalized spacial score (nSPS) is 17.3. The van der Waals surface area contributed by atoms with Gasteiger partial charge in [-0.3, -0.25) is 0 Å². The molecule has 39 heavy (non-hydrogen) atoms. The van der Waals surface area contributed by atoms with Crippen molar-refractivity contribution in [2.45, 2.75) is 26.8 Å². The first-order valence-corrected chi connectivity index (χ1v) is 13.6. The Balaban J connectivity index is 1.80. The van der Waals surface area contributed by atoms with E-state index < -0.39 is 0 Å². The largest absolute Gasteiger partial charge is 0.388 e. The lowest BCUT2D eigenvalue weighted by molar-refractivity contribution is 0.597. The van der Waals surface area contributed by atoms with Gasteiger partial charge >= 0.3 is 0 Å². The standard InChI is InChI=1S/C34H41FN4/c1-8-27(16-22(3)4)28-12-10-25(11-13-28)19-39-21-31(24(6)37-7)23(5)30-17-32(35)34(29(9-2)33(30)39)38-15-14-26(18-36)20-38/h8-13,16-17,21-22,26,37H,1-2,5-6,14-15,18-20,36H2,3-4,7H3/b27-16+. The van der Waals surface area contributed by atoms with E-state index in [4.69, 9.17) is 5.73 Å². The number of benzene rings is 2. The number of rotatable bonds is 10. The molecule has 2 aromatic rings. The fourth-order valence-electron chi connectivity index (χ4n) is 5.54. The highest BCUT2D eigenvalue weighted by Gasteiger charge is 2.32. The first-order valence-electron chi connectivity index (χ1n) is 13.6. The van der Waals surface area contributed by atoms with Crippen LogP contribution in [-0.4, -0.2) is 26.7 Å². The molecule has 3 N–H and O–H groups in total.